The van der Waals surface area contributed by atoms with Gasteiger partial charge in [-0.2, -0.15) is 5.26 Å². The van der Waals surface area contributed by atoms with Crippen molar-refractivity contribution in [3.8, 4) is 22.9 Å². The molecule has 0 saturated heterocycles. The number of rotatable bonds is 4. The van der Waals surface area contributed by atoms with Crippen molar-refractivity contribution in [1.82, 2.24) is 9.38 Å². The minimum Gasteiger partial charge on any atom is -0.485 e. The van der Waals surface area contributed by atoms with Crippen LogP contribution in [-0.2, 0) is 6.61 Å². The summed E-state index contributed by atoms with van der Waals surface area (Å²) in [5.41, 5.74) is 5.83. The average molecular weight is 379 g/mol. The second-order valence-electron chi connectivity index (χ2n) is 6.87. The second-order valence-corrected chi connectivity index (χ2v) is 6.87. The smallest absolute Gasteiger partial charge is 0.179 e. The van der Waals surface area contributed by atoms with Crippen LogP contribution in [0.4, 0.5) is 0 Å². The highest BCUT2D eigenvalue weighted by atomic mass is 16.5. The highest BCUT2D eigenvalue weighted by Crippen LogP contribution is 2.34. The molecule has 0 amide bonds. The van der Waals surface area contributed by atoms with E-state index in [1.54, 1.807) is 6.26 Å². The zero-order chi connectivity index (χ0) is 19.8. The Balaban J connectivity index is 1.52. The van der Waals surface area contributed by atoms with Gasteiger partial charge in [-0.3, -0.25) is 0 Å². The van der Waals surface area contributed by atoms with E-state index >= 15 is 0 Å². The van der Waals surface area contributed by atoms with Gasteiger partial charge in [-0.1, -0.05) is 36.4 Å². The predicted molar refractivity (Wildman–Crippen MR) is 111 cm³/mol. The van der Waals surface area contributed by atoms with Crippen LogP contribution in [-0.4, -0.2) is 9.38 Å². The van der Waals surface area contributed by atoms with Crippen molar-refractivity contribution < 1.29 is 9.15 Å². The molecule has 29 heavy (non-hydrogen) atoms. The molecule has 0 radical (unpaired) electrons. The lowest BCUT2D eigenvalue weighted by molar-refractivity contribution is 0.308. The Morgan fingerprint density at radius 2 is 1.97 bits per heavy atom. The monoisotopic (exact) mass is 379 g/mol. The Hall–Kier alpha value is -4.04. The zero-order valence-corrected chi connectivity index (χ0v) is 15.8. The maximum absolute atomic E-state index is 9.43. The summed E-state index contributed by atoms with van der Waals surface area (Å²) in [6, 6.07) is 19.6. The van der Waals surface area contributed by atoms with E-state index < -0.39 is 0 Å². The van der Waals surface area contributed by atoms with E-state index in [0.29, 0.717) is 12.2 Å². The fourth-order valence-corrected chi connectivity index (χ4v) is 3.63. The molecule has 5 rings (SSSR count). The maximum Gasteiger partial charge on any atom is 0.179 e. The molecule has 3 heterocycles. The molecule has 0 aliphatic rings. The van der Waals surface area contributed by atoms with Gasteiger partial charge in [0.15, 0.2) is 11.4 Å². The number of hydrogen-bond acceptors (Lipinski definition) is 4. The van der Waals surface area contributed by atoms with Gasteiger partial charge < -0.3 is 13.6 Å². The highest BCUT2D eigenvalue weighted by molar-refractivity contribution is 5.96. The Bertz CT molecular complexity index is 1390. The van der Waals surface area contributed by atoms with E-state index in [2.05, 4.69) is 11.1 Å². The number of imidazole rings is 1. The molecule has 0 unspecified atom stereocenters. The number of hydrogen-bond donors (Lipinski definition) is 0. The molecule has 0 aliphatic heterocycles. The molecular weight excluding hydrogens is 362 g/mol. The summed E-state index contributed by atoms with van der Waals surface area (Å²) in [6.45, 7) is 2.32. The number of nitriles is 1. The summed E-state index contributed by atoms with van der Waals surface area (Å²) < 4.78 is 13.9. The lowest BCUT2D eigenvalue weighted by Crippen LogP contribution is -1.98. The summed E-state index contributed by atoms with van der Waals surface area (Å²) in [7, 11) is 0. The van der Waals surface area contributed by atoms with Crippen LogP contribution in [0, 0.1) is 18.3 Å². The zero-order valence-electron chi connectivity index (χ0n) is 15.8. The van der Waals surface area contributed by atoms with E-state index in [-0.39, 0.29) is 0 Å². The van der Waals surface area contributed by atoms with Gasteiger partial charge in [0, 0.05) is 34.5 Å². The van der Waals surface area contributed by atoms with Gasteiger partial charge in [0.05, 0.1) is 23.6 Å². The third-order valence-corrected chi connectivity index (χ3v) is 4.97. The first-order valence-electron chi connectivity index (χ1n) is 9.30. The first-order chi connectivity index (χ1) is 14.2. The number of pyridine rings is 1. The quantitative estimate of drug-likeness (QED) is 0.413. The normalized spacial score (nSPS) is 11.0. The van der Waals surface area contributed by atoms with Crippen molar-refractivity contribution in [2.75, 3.05) is 0 Å². The first-order valence-corrected chi connectivity index (χ1v) is 9.30. The lowest BCUT2D eigenvalue weighted by Gasteiger charge is -2.08. The molecule has 5 heteroatoms. The van der Waals surface area contributed by atoms with Crippen LogP contribution in [0.15, 0.2) is 77.7 Å². The number of ether oxygens (including phenoxy) is 1. The standard InChI is InChI=1S/C24H17N3O2/c1-16-13-27-11-5-10-22(24(27)26-16)28-14-18-7-4-9-20-21(15-29-23(18)20)19-8-3-2-6-17(19)12-25/h2-11,13,15H,14H2,1H3. The number of nitrogens with zero attached hydrogens (tertiary/aromatic N) is 3. The van der Waals surface area contributed by atoms with Crippen molar-refractivity contribution in [3.63, 3.8) is 0 Å². The number of para-hydroxylation sites is 1. The summed E-state index contributed by atoms with van der Waals surface area (Å²) in [5.74, 6) is 0.721. The Kier molecular flexibility index (Phi) is 4.03. The van der Waals surface area contributed by atoms with Crippen molar-refractivity contribution >= 4 is 16.6 Å². The van der Waals surface area contributed by atoms with Crippen LogP contribution in [0.5, 0.6) is 5.75 Å². The molecule has 5 nitrogen and oxygen atoms in total. The molecule has 3 aromatic heterocycles. The fourth-order valence-electron chi connectivity index (χ4n) is 3.63. The van der Waals surface area contributed by atoms with Gasteiger partial charge in [-0.15, -0.1) is 0 Å². The van der Waals surface area contributed by atoms with Gasteiger partial charge >= 0.3 is 0 Å². The van der Waals surface area contributed by atoms with Crippen molar-refractivity contribution in [1.29, 1.82) is 5.26 Å². The summed E-state index contributed by atoms with van der Waals surface area (Å²) in [4.78, 5) is 4.53. The molecule has 5 aromatic rings. The van der Waals surface area contributed by atoms with Crippen LogP contribution in [0.3, 0.4) is 0 Å². The topological polar surface area (TPSA) is 63.5 Å². The van der Waals surface area contributed by atoms with Crippen molar-refractivity contribution in [2.24, 2.45) is 0 Å². The van der Waals surface area contributed by atoms with E-state index in [0.717, 1.165) is 44.8 Å². The summed E-state index contributed by atoms with van der Waals surface area (Å²) in [5, 5.41) is 10.4. The van der Waals surface area contributed by atoms with Crippen LogP contribution in [0.1, 0.15) is 16.8 Å². The van der Waals surface area contributed by atoms with Crippen molar-refractivity contribution in [3.05, 3.63) is 90.1 Å². The summed E-state index contributed by atoms with van der Waals surface area (Å²) in [6.07, 6.45) is 5.63. The SMILES string of the molecule is Cc1cn2cccc(OCc3cccc4c(-c5ccccc5C#N)coc34)c2n1. The molecular formula is C24H17N3O2. The minimum absolute atomic E-state index is 0.357. The Morgan fingerprint density at radius 3 is 2.86 bits per heavy atom. The molecule has 0 atom stereocenters. The molecule has 0 aliphatic carbocycles. The Labute approximate surface area is 167 Å². The van der Waals surface area contributed by atoms with E-state index in [1.165, 1.54) is 0 Å². The third-order valence-electron chi connectivity index (χ3n) is 4.97. The van der Waals surface area contributed by atoms with Gasteiger partial charge in [0.1, 0.15) is 12.2 Å². The van der Waals surface area contributed by atoms with Crippen LogP contribution in [0.25, 0.3) is 27.7 Å². The molecule has 0 bridgehead atoms. The van der Waals surface area contributed by atoms with Crippen LogP contribution < -0.4 is 4.74 Å². The molecule has 140 valence electrons. The molecule has 2 aromatic carbocycles. The highest BCUT2D eigenvalue weighted by Gasteiger charge is 2.15. The average Bonchev–Trinajstić information content (AvgIpc) is 3.35. The summed E-state index contributed by atoms with van der Waals surface area (Å²) >= 11 is 0. The number of fused-ring (bicyclic) bond motifs is 2. The first kappa shape index (κ1) is 17.1. The van der Waals surface area contributed by atoms with E-state index in [9.17, 15) is 5.26 Å². The minimum atomic E-state index is 0.357. The van der Waals surface area contributed by atoms with Crippen LogP contribution >= 0.6 is 0 Å². The van der Waals surface area contributed by atoms with Crippen molar-refractivity contribution in [2.45, 2.75) is 13.5 Å². The van der Waals surface area contributed by atoms with Gasteiger partial charge in [-0.05, 0) is 25.1 Å². The molecule has 0 spiro atoms. The lowest BCUT2D eigenvalue weighted by atomic mass is 9.99. The van der Waals surface area contributed by atoms with E-state index in [1.807, 2.05) is 78.3 Å². The number of benzene rings is 2. The fraction of sp³-hybridized carbons (Fsp3) is 0.0833. The molecule has 0 N–H and O–H groups in total. The Morgan fingerprint density at radius 1 is 1.07 bits per heavy atom. The predicted octanol–water partition coefficient (Wildman–Crippen LogP) is 5.51. The number of aromatic nitrogens is 2. The largest absolute Gasteiger partial charge is 0.485 e. The molecule has 0 fully saturated rings. The van der Waals surface area contributed by atoms with Gasteiger partial charge in [0.25, 0.3) is 0 Å². The second kappa shape index (κ2) is 6.84. The number of aryl methyl sites for hydroxylation is 1. The molecule has 0 saturated carbocycles. The van der Waals surface area contributed by atoms with Gasteiger partial charge in [-0.25, -0.2) is 4.98 Å². The number of furan rings is 1. The van der Waals surface area contributed by atoms with E-state index in [4.69, 9.17) is 9.15 Å². The third kappa shape index (κ3) is 2.91. The van der Waals surface area contributed by atoms with Crippen LogP contribution in [0.2, 0.25) is 0 Å². The maximum atomic E-state index is 9.43. The van der Waals surface area contributed by atoms with Gasteiger partial charge in [0.2, 0.25) is 0 Å².